The Morgan fingerprint density at radius 2 is 1.72 bits per heavy atom. The Morgan fingerprint density at radius 1 is 0.974 bits per heavy atom. The lowest BCUT2D eigenvalue weighted by Gasteiger charge is -2.26. The third-order valence-electron chi connectivity index (χ3n) is 5.60. The molecule has 4 amide bonds. The maximum absolute atomic E-state index is 13.1. The minimum Gasteiger partial charge on any atom is -0.493 e. The topological polar surface area (TPSA) is 145 Å². The largest absolute Gasteiger partial charge is 0.493 e. The van der Waals surface area contributed by atoms with Crippen molar-refractivity contribution < 1.29 is 33.6 Å². The number of rotatable bonds is 7. The molecule has 0 aliphatic carbocycles. The number of anilines is 1. The van der Waals surface area contributed by atoms with Gasteiger partial charge in [0.1, 0.15) is 5.57 Å². The van der Waals surface area contributed by atoms with E-state index in [1.807, 2.05) is 6.92 Å². The summed E-state index contributed by atoms with van der Waals surface area (Å²) in [6, 6.07) is 15.9. The number of aryl methyl sites for hydroxylation is 1. The van der Waals surface area contributed by atoms with Gasteiger partial charge in [-0.05, 0) is 54.5 Å². The zero-order valence-corrected chi connectivity index (χ0v) is 20.7. The quantitative estimate of drug-likeness (QED) is 0.120. The van der Waals surface area contributed by atoms with Crippen LogP contribution in [0.3, 0.4) is 0 Å². The van der Waals surface area contributed by atoms with E-state index in [0.29, 0.717) is 16.8 Å². The number of nitro groups is 1. The normalized spacial score (nSPS) is 14.5. The van der Waals surface area contributed by atoms with Gasteiger partial charge in [0.05, 0.1) is 17.7 Å². The van der Waals surface area contributed by atoms with Crippen LogP contribution in [0.4, 0.5) is 16.2 Å². The monoisotopic (exact) mass is 527 g/mol. The summed E-state index contributed by atoms with van der Waals surface area (Å²) in [5.74, 6) is -2.22. The number of ether oxygens (including phenoxy) is 2. The number of imide groups is 2. The highest BCUT2D eigenvalue weighted by atomic mass is 16.6. The van der Waals surface area contributed by atoms with E-state index in [9.17, 15) is 29.3 Å². The predicted octanol–water partition coefficient (Wildman–Crippen LogP) is 4.20. The smallest absolute Gasteiger partial charge is 0.336 e. The summed E-state index contributed by atoms with van der Waals surface area (Å²) in [6.07, 6.45) is 3.77. The van der Waals surface area contributed by atoms with Crippen molar-refractivity contribution in [3.8, 4) is 11.5 Å². The van der Waals surface area contributed by atoms with Gasteiger partial charge in [0, 0.05) is 18.2 Å². The number of hydrogen-bond acceptors (Lipinski definition) is 8. The van der Waals surface area contributed by atoms with Crippen LogP contribution >= 0.6 is 0 Å². The van der Waals surface area contributed by atoms with Gasteiger partial charge in [-0.3, -0.25) is 25.0 Å². The highest BCUT2D eigenvalue weighted by Crippen LogP contribution is 2.30. The van der Waals surface area contributed by atoms with E-state index in [4.69, 9.17) is 9.47 Å². The molecule has 0 radical (unpaired) electrons. The van der Waals surface area contributed by atoms with Crippen LogP contribution in [0.15, 0.2) is 78.4 Å². The number of barbiturate groups is 1. The molecule has 3 aromatic carbocycles. The lowest BCUT2D eigenvalue weighted by atomic mass is 10.1. The molecule has 3 aromatic rings. The van der Waals surface area contributed by atoms with Crippen molar-refractivity contribution in [1.29, 1.82) is 0 Å². The molecule has 1 aliphatic heterocycles. The van der Waals surface area contributed by atoms with Gasteiger partial charge >= 0.3 is 12.0 Å². The lowest BCUT2D eigenvalue weighted by Crippen LogP contribution is -2.54. The van der Waals surface area contributed by atoms with Crippen LogP contribution in [0.1, 0.15) is 16.7 Å². The number of hydrogen-bond donors (Lipinski definition) is 1. The number of carbonyl (C=O) groups is 4. The molecule has 0 bridgehead atoms. The summed E-state index contributed by atoms with van der Waals surface area (Å²) in [6.45, 7) is 1.86. The van der Waals surface area contributed by atoms with E-state index in [2.05, 4.69) is 5.32 Å². The first kappa shape index (κ1) is 26.5. The third-order valence-corrected chi connectivity index (χ3v) is 5.60. The second-order valence-corrected chi connectivity index (χ2v) is 8.31. The van der Waals surface area contributed by atoms with Crippen LogP contribution in [0, 0.1) is 17.0 Å². The van der Waals surface area contributed by atoms with E-state index >= 15 is 0 Å². The standard InChI is InChI=1S/C28H21N3O8/c1-17-6-10-20(11-7-17)30-27(34)22(26(33)29-28(30)35)15-19-8-12-23(24(16-19)38-2)39-25(32)13-9-18-4-3-5-21(14-18)31(36)37/h3-16H,1-2H3,(H,29,33,35)/b13-9+,22-15+. The first-order valence-corrected chi connectivity index (χ1v) is 11.5. The van der Waals surface area contributed by atoms with E-state index in [1.165, 1.54) is 55.7 Å². The van der Waals surface area contributed by atoms with Crippen molar-refractivity contribution in [3.05, 3.63) is 105 Å². The van der Waals surface area contributed by atoms with E-state index < -0.39 is 28.7 Å². The van der Waals surface area contributed by atoms with Gasteiger partial charge in [-0.15, -0.1) is 0 Å². The Bertz CT molecular complexity index is 1560. The molecule has 1 aliphatic rings. The van der Waals surface area contributed by atoms with Crippen LogP contribution in [0.2, 0.25) is 0 Å². The predicted molar refractivity (Wildman–Crippen MR) is 141 cm³/mol. The molecule has 0 spiro atoms. The number of nitro benzene ring substituents is 1. The Balaban J connectivity index is 1.54. The second-order valence-electron chi connectivity index (χ2n) is 8.31. The van der Waals surface area contributed by atoms with Gasteiger partial charge in [0.15, 0.2) is 11.5 Å². The van der Waals surface area contributed by atoms with Crippen LogP contribution in [-0.4, -0.2) is 35.8 Å². The van der Waals surface area contributed by atoms with Crippen LogP contribution in [0.5, 0.6) is 11.5 Å². The van der Waals surface area contributed by atoms with E-state index in [0.717, 1.165) is 16.5 Å². The maximum Gasteiger partial charge on any atom is 0.336 e. The van der Waals surface area contributed by atoms with Gasteiger partial charge in [0.2, 0.25) is 0 Å². The average molecular weight is 527 g/mol. The zero-order valence-electron chi connectivity index (χ0n) is 20.7. The highest BCUT2D eigenvalue weighted by Gasteiger charge is 2.36. The van der Waals surface area contributed by atoms with Crippen LogP contribution in [0.25, 0.3) is 12.2 Å². The highest BCUT2D eigenvalue weighted by molar-refractivity contribution is 6.39. The van der Waals surface area contributed by atoms with E-state index in [-0.39, 0.29) is 22.8 Å². The molecule has 39 heavy (non-hydrogen) atoms. The number of benzene rings is 3. The molecule has 11 heteroatoms. The van der Waals surface area contributed by atoms with Gasteiger partial charge < -0.3 is 9.47 Å². The summed E-state index contributed by atoms with van der Waals surface area (Å²) in [7, 11) is 1.35. The van der Waals surface area contributed by atoms with Crippen molar-refractivity contribution in [2.24, 2.45) is 0 Å². The molecule has 1 heterocycles. The number of nitrogens with one attached hydrogen (secondary N) is 1. The molecule has 0 unspecified atom stereocenters. The number of non-ortho nitro benzene ring substituents is 1. The number of amides is 4. The van der Waals surface area contributed by atoms with Gasteiger partial charge in [0.25, 0.3) is 17.5 Å². The molecule has 1 fully saturated rings. The molecule has 1 N–H and O–H groups in total. The molecule has 196 valence electrons. The molecule has 11 nitrogen and oxygen atoms in total. The molecular formula is C28H21N3O8. The van der Waals surface area contributed by atoms with Crippen molar-refractivity contribution in [1.82, 2.24) is 5.32 Å². The van der Waals surface area contributed by atoms with Gasteiger partial charge in [-0.2, -0.15) is 0 Å². The number of urea groups is 1. The fraction of sp³-hybridized carbons (Fsp3) is 0.0714. The summed E-state index contributed by atoms with van der Waals surface area (Å²) in [4.78, 5) is 61.5. The lowest BCUT2D eigenvalue weighted by molar-refractivity contribution is -0.384. The molecule has 0 atom stereocenters. The Morgan fingerprint density at radius 3 is 2.41 bits per heavy atom. The first-order valence-electron chi connectivity index (χ1n) is 11.5. The molecular weight excluding hydrogens is 506 g/mol. The molecule has 0 saturated carbocycles. The number of nitrogens with zero attached hydrogens (tertiary/aromatic N) is 2. The SMILES string of the molecule is COc1cc(/C=C2\C(=O)NC(=O)N(c3ccc(C)cc3)C2=O)ccc1OC(=O)/C=C/c1cccc([N+](=O)[O-])c1. The first-order chi connectivity index (χ1) is 18.7. The molecule has 1 saturated heterocycles. The molecule has 4 rings (SSSR count). The van der Waals surface area contributed by atoms with Gasteiger partial charge in [-0.25, -0.2) is 14.5 Å². The Hall–Kier alpha value is -5.58. The maximum atomic E-state index is 13.1. The number of esters is 1. The van der Waals surface area contributed by atoms with Crippen molar-refractivity contribution in [2.45, 2.75) is 6.92 Å². The fourth-order valence-electron chi connectivity index (χ4n) is 3.66. The summed E-state index contributed by atoms with van der Waals surface area (Å²) < 4.78 is 10.6. The van der Waals surface area contributed by atoms with Crippen molar-refractivity contribution >= 4 is 47.3 Å². The number of methoxy groups -OCH3 is 1. The minimum atomic E-state index is -0.857. The third kappa shape index (κ3) is 6.05. The zero-order chi connectivity index (χ0) is 28.1. The average Bonchev–Trinajstić information content (AvgIpc) is 2.91. The summed E-state index contributed by atoms with van der Waals surface area (Å²) in [5.41, 5.74) is 1.65. The number of carbonyl (C=O) groups excluding carboxylic acids is 4. The summed E-state index contributed by atoms with van der Waals surface area (Å²) in [5, 5.41) is 13.1. The van der Waals surface area contributed by atoms with Crippen LogP contribution in [-0.2, 0) is 14.4 Å². The van der Waals surface area contributed by atoms with E-state index in [1.54, 1.807) is 30.3 Å². The van der Waals surface area contributed by atoms with Crippen molar-refractivity contribution in [3.63, 3.8) is 0 Å². The van der Waals surface area contributed by atoms with Crippen molar-refractivity contribution in [2.75, 3.05) is 12.0 Å². The fourth-order valence-corrected chi connectivity index (χ4v) is 3.66. The Kier molecular flexibility index (Phi) is 7.62. The molecule has 0 aromatic heterocycles. The minimum absolute atomic E-state index is 0.0595. The van der Waals surface area contributed by atoms with Crippen LogP contribution < -0.4 is 19.7 Å². The van der Waals surface area contributed by atoms with Gasteiger partial charge in [-0.1, -0.05) is 35.9 Å². The Labute approximate surface area is 222 Å². The summed E-state index contributed by atoms with van der Waals surface area (Å²) >= 11 is 0. The second kappa shape index (κ2) is 11.2.